The number of aromatic amines is 1. The summed E-state index contributed by atoms with van der Waals surface area (Å²) in [5.74, 6) is 0.817. The Labute approximate surface area is 113 Å². The van der Waals surface area contributed by atoms with Gasteiger partial charge in [0.25, 0.3) is 5.56 Å². The molecule has 0 amide bonds. The molecule has 0 aliphatic heterocycles. The zero-order valence-corrected chi connectivity index (χ0v) is 11.3. The maximum Gasteiger partial charge on any atom is 0.266 e. The van der Waals surface area contributed by atoms with E-state index in [9.17, 15) is 4.79 Å². The largest absolute Gasteiger partial charge is 0.496 e. The summed E-state index contributed by atoms with van der Waals surface area (Å²) in [6.07, 6.45) is 0.720. The van der Waals surface area contributed by atoms with Crippen LogP contribution in [0.1, 0.15) is 5.56 Å². The fraction of sp³-hybridized carbons (Fsp3) is 0.214. The molecule has 2 heterocycles. The van der Waals surface area contributed by atoms with Crippen LogP contribution in [0.3, 0.4) is 0 Å². The Balaban J connectivity index is 2.52. The number of pyridine rings is 1. The molecule has 1 aromatic carbocycles. The Morgan fingerprint density at radius 1 is 1.37 bits per heavy atom. The number of rotatable bonds is 3. The number of benzene rings is 1. The molecule has 0 fully saturated rings. The number of hydrogen-bond acceptors (Lipinski definition) is 4. The number of nitrogens with two attached hydrogens (primary N) is 1. The summed E-state index contributed by atoms with van der Waals surface area (Å²) in [6, 6.07) is 5.74. The molecular weight excluding hydrogens is 260 g/mol. The minimum atomic E-state index is -0.0404. The van der Waals surface area contributed by atoms with Crippen LogP contribution in [0.25, 0.3) is 21.0 Å². The molecule has 3 aromatic rings. The second-order valence-electron chi connectivity index (χ2n) is 4.33. The van der Waals surface area contributed by atoms with E-state index < -0.39 is 0 Å². The molecule has 0 aliphatic carbocycles. The fourth-order valence-electron chi connectivity index (χ4n) is 2.49. The number of nitrogens with one attached hydrogen (secondary N) is 1. The van der Waals surface area contributed by atoms with Gasteiger partial charge in [-0.2, -0.15) is 0 Å². The highest BCUT2D eigenvalue weighted by atomic mass is 32.1. The highest BCUT2D eigenvalue weighted by molar-refractivity contribution is 7.17. The molecule has 0 saturated carbocycles. The number of H-pyrrole nitrogens is 1. The molecule has 0 saturated heterocycles. The monoisotopic (exact) mass is 274 g/mol. The first-order valence-corrected chi connectivity index (χ1v) is 6.93. The first-order valence-electron chi connectivity index (χ1n) is 6.05. The minimum Gasteiger partial charge on any atom is -0.496 e. The number of fused-ring (bicyclic) bond motifs is 3. The molecule has 4 nitrogen and oxygen atoms in total. The average Bonchev–Trinajstić information content (AvgIpc) is 2.89. The lowest BCUT2D eigenvalue weighted by Crippen LogP contribution is -2.08. The van der Waals surface area contributed by atoms with Crippen LogP contribution in [0.15, 0.2) is 28.4 Å². The zero-order chi connectivity index (χ0) is 13.4. The lowest BCUT2D eigenvalue weighted by atomic mass is 10.0. The first-order chi connectivity index (χ1) is 9.26. The Morgan fingerprint density at radius 2 is 2.21 bits per heavy atom. The molecule has 0 unspecified atom stereocenters. The van der Waals surface area contributed by atoms with Gasteiger partial charge in [0.1, 0.15) is 10.4 Å². The van der Waals surface area contributed by atoms with E-state index in [1.165, 1.54) is 11.3 Å². The standard InChI is InChI=1S/C14H14N2O2S/c1-18-11-3-2-10-12(8(11)4-6-15)9-5-7-19-13(9)14(17)16-10/h2-3,5,7H,4,6,15H2,1H3,(H,16,17). The lowest BCUT2D eigenvalue weighted by Gasteiger charge is -2.12. The van der Waals surface area contributed by atoms with E-state index in [1.54, 1.807) is 7.11 Å². The van der Waals surface area contributed by atoms with Crippen LogP contribution in [0.5, 0.6) is 5.75 Å². The summed E-state index contributed by atoms with van der Waals surface area (Å²) in [6.45, 7) is 0.542. The first kappa shape index (κ1) is 12.2. The number of aromatic nitrogens is 1. The van der Waals surface area contributed by atoms with Crippen LogP contribution in [0.4, 0.5) is 0 Å². The molecule has 98 valence electrons. The van der Waals surface area contributed by atoms with Gasteiger partial charge in [0.05, 0.1) is 7.11 Å². The molecule has 0 bridgehead atoms. The van der Waals surface area contributed by atoms with Gasteiger partial charge < -0.3 is 15.5 Å². The van der Waals surface area contributed by atoms with Crippen LogP contribution in [0, 0.1) is 0 Å². The zero-order valence-electron chi connectivity index (χ0n) is 10.5. The van der Waals surface area contributed by atoms with Gasteiger partial charge in [-0.1, -0.05) is 0 Å². The number of methoxy groups -OCH3 is 1. The second-order valence-corrected chi connectivity index (χ2v) is 5.24. The normalized spacial score (nSPS) is 11.3. The van der Waals surface area contributed by atoms with Crippen LogP contribution in [-0.4, -0.2) is 18.6 Å². The SMILES string of the molecule is COc1ccc2[nH]c(=O)c3sccc3c2c1CCN. The van der Waals surface area contributed by atoms with E-state index in [4.69, 9.17) is 10.5 Å². The van der Waals surface area contributed by atoms with E-state index in [2.05, 4.69) is 4.98 Å². The maximum absolute atomic E-state index is 12.0. The molecule has 0 aliphatic rings. The molecule has 0 atom stereocenters. The maximum atomic E-state index is 12.0. The van der Waals surface area contributed by atoms with E-state index in [0.717, 1.165) is 38.7 Å². The van der Waals surface area contributed by atoms with Crippen molar-refractivity contribution in [3.63, 3.8) is 0 Å². The summed E-state index contributed by atoms with van der Waals surface area (Å²) in [7, 11) is 1.65. The van der Waals surface area contributed by atoms with Crippen molar-refractivity contribution in [3.8, 4) is 5.75 Å². The van der Waals surface area contributed by atoms with Crippen LogP contribution < -0.4 is 16.0 Å². The average molecular weight is 274 g/mol. The van der Waals surface area contributed by atoms with Gasteiger partial charge in [-0.15, -0.1) is 11.3 Å². The number of ether oxygens (including phenoxy) is 1. The van der Waals surface area contributed by atoms with Crippen molar-refractivity contribution < 1.29 is 4.74 Å². The molecule has 3 N–H and O–H groups in total. The molecule has 3 rings (SSSR count). The minimum absolute atomic E-state index is 0.0404. The smallest absolute Gasteiger partial charge is 0.266 e. The van der Waals surface area contributed by atoms with E-state index >= 15 is 0 Å². The predicted octanol–water partition coefficient (Wildman–Crippen LogP) is 2.25. The quantitative estimate of drug-likeness (QED) is 0.769. The van der Waals surface area contributed by atoms with Crippen LogP contribution in [0.2, 0.25) is 0 Å². The van der Waals surface area contributed by atoms with Gasteiger partial charge in [0, 0.05) is 21.9 Å². The van der Waals surface area contributed by atoms with Crippen molar-refractivity contribution in [2.75, 3.05) is 13.7 Å². The Morgan fingerprint density at radius 3 is 2.95 bits per heavy atom. The van der Waals surface area contributed by atoms with Gasteiger partial charge in [0.15, 0.2) is 0 Å². The third kappa shape index (κ3) is 1.82. The van der Waals surface area contributed by atoms with Crippen molar-refractivity contribution in [1.29, 1.82) is 0 Å². The third-order valence-electron chi connectivity index (χ3n) is 3.27. The number of hydrogen-bond donors (Lipinski definition) is 2. The highest BCUT2D eigenvalue weighted by Gasteiger charge is 2.13. The highest BCUT2D eigenvalue weighted by Crippen LogP contribution is 2.33. The van der Waals surface area contributed by atoms with Gasteiger partial charge in [-0.05, 0) is 36.5 Å². The van der Waals surface area contributed by atoms with E-state index in [0.29, 0.717) is 6.54 Å². The summed E-state index contributed by atoms with van der Waals surface area (Å²) < 4.78 is 6.17. The van der Waals surface area contributed by atoms with E-state index in [-0.39, 0.29) is 5.56 Å². The molecule has 5 heteroatoms. The summed E-state index contributed by atoms with van der Waals surface area (Å²) >= 11 is 1.45. The Hall–Kier alpha value is -1.85. The van der Waals surface area contributed by atoms with E-state index in [1.807, 2.05) is 23.6 Å². The topological polar surface area (TPSA) is 68.1 Å². The summed E-state index contributed by atoms with van der Waals surface area (Å²) in [5, 5.41) is 3.96. The fourth-order valence-corrected chi connectivity index (χ4v) is 3.28. The molecule has 0 spiro atoms. The van der Waals surface area contributed by atoms with Gasteiger partial charge >= 0.3 is 0 Å². The Bertz CT molecular complexity index is 804. The summed E-state index contributed by atoms with van der Waals surface area (Å²) in [5.41, 5.74) is 7.55. The van der Waals surface area contributed by atoms with Crippen LogP contribution in [-0.2, 0) is 6.42 Å². The molecule has 0 radical (unpaired) electrons. The number of thiophene rings is 1. The second kappa shape index (κ2) is 4.68. The third-order valence-corrected chi connectivity index (χ3v) is 4.19. The van der Waals surface area contributed by atoms with Gasteiger partial charge in [-0.25, -0.2) is 0 Å². The van der Waals surface area contributed by atoms with Crippen molar-refractivity contribution in [3.05, 3.63) is 39.5 Å². The molecule has 19 heavy (non-hydrogen) atoms. The van der Waals surface area contributed by atoms with Crippen molar-refractivity contribution in [2.24, 2.45) is 5.73 Å². The van der Waals surface area contributed by atoms with Crippen molar-refractivity contribution in [2.45, 2.75) is 6.42 Å². The molecule has 2 aromatic heterocycles. The van der Waals surface area contributed by atoms with Crippen molar-refractivity contribution in [1.82, 2.24) is 4.98 Å². The van der Waals surface area contributed by atoms with Gasteiger partial charge in [0.2, 0.25) is 0 Å². The lowest BCUT2D eigenvalue weighted by molar-refractivity contribution is 0.410. The predicted molar refractivity (Wildman–Crippen MR) is 79.3 cm³/mol. The van der Waals surface area contributed by atoms with Gasteiger partial charge in [-0.3, -0.25) is 4.79 Å². The van der Waals surface area contributed by atoms with Crippen molar-refractivity contribution >= 4 is 32.3 Å². The summed E-state index contributed by atoms with van der Waals surface area (Å²) in [4.78, 5) is 14.9. The molecular formula is C14H14N2O2S. The Kier molecular flexibility index (Phi) is 3.00. The van der Waals surface area contributed by atoms with Crippen LogP contribution >= 0.6 is 11.3 Å².